The predicted octanol–water partition coefficient (Wildman–Crippen LogP) is 4.17. The number of fused-ring (bicyclic) bond motifs is 1. The van der Waals surface area contributed by atoms with Gasteiger partial charge in [-0.15, -0.1) is 0 Å². The van der Waals surface area contributed by atoms with Crippen LogP contribution in [0.15, 0.2) is 54.7 Å². The number of H-pyrrole nitrogens is 1. The predicted molar refractivity (Wildman–Crippen MR) is 93.7 cm³/mol. The zero-order valence-corrected chi connectivity index (χ0v) is 12.4. The highest BCUT2D eigenvalue weighted by molar-refractivity contribution is 6.08. The van der Waals surface area contributed by atoms with E-state index < -0.39 is 0 Å². The van der Waals surface area contributed by atoms with Crippen LogP contribution in [0.25, 0.3) is 16.5 Å². The molecule has 0 aliphatic rings. The Bertz CT molecular complexity index is 841. The highest BCUT2D eigenvalue weighted by atomic mass is 14.9. The maximum absolute atomic E-state index is 7.32. The SMILES string of the molecule is Cc1cc2ccc(Nc3ccc(/C(C=N)=C/N)cc3)cc2[nH]1. The summed E-state index contributed by atoms with van der Waals surface area (Å²) in [4.78, 5) is 3.34. The highest BCUT2D eigenvalue weighted by Crippen LogP contribution is 2.23. The fourth-order valence-corrected chi connectivity index (χ4v) is 2.49. The number of hydrogen-bond donors (Lipinski definition) is 4. The van der Waals surface area contributed by atoms with Crippen molar-refractivity contribution in [3.8, 4) is 0 Å². The van der Waals surface area contributed by atoms with Gasteiger partial charge in [-0.2, -0.15) is 0 Å². The maximum atomic E-state index is 7.32. The van der Waals surface area contributed by atoms with Crippen LogP contribution in [0, 0.1) is 12.3 Å². The minimum atomic E-state index is 0.704. The van der Waals surface area contributed by atoms with Gasteiger partial charge in [0.1, 0.15) is 0 Å². The molecule has 1 heterocycles. The summed E-state index contributed by atoms with van der Waals surface area (Å²) in [5.41, 5.74) is 11.4. The van der Waals surface area contributed by atoms with Crippen molar-refractivity contribution < 1.29 is 0 Å². The first kappa shape index (κ1) is 13.9. The van der Waals surface area contributed by atoms with Gasteiger partial charge in [-0.25, -0.2) is 0 Å². The molecule has 3 aromatic rings. The quantitative estimate of drug-likeness (QED) is 0.544. The molecule has 110 valence electrons. The molecule has 0 aliphatic carbocycles. The molecule has 0 aliphatic heterocycles. The number of nitrogens with one attached hydrogen (secondary N) is 3. The normalized spacial score (nSPS) is 11.6. The average molecular weight is 290 g/mol. The molecule has 0 fully saturated rings. The third-order valence-electron chi connectivity index (χ3n) is 3.60. The van der Waals surface area contributed by atoms with Gasteiger partial charge >= 0.3 is 0 Å². The van der Waals surface area contributed by atoms with Gasteiger partial charge in [0.25, 0.3) is 0 Å². The van der Waals surface area contributed by atoms with Crippen molar-refractivity contribution in [2.24, 2.45) is 5.73 Å². The van der Waals surface area contributed by atoms with Crippen molar-refractivity contribution in [3.05, 3.63) is 66.0 Å². The first-order valence-electron chi connectivity index (χ1n) is 7.09. The lowest BCUT2D eigenvalue weighted by atomic mass is 10.1. The van der Waals surface area contributed by atoms with Crippen LogP contribution in [0.2, 0.25) is 0 Å². The highest BCUT2D eigenvalue weighted by Gasteiger charge is 2.01. The second kappa shape index (κ2) is 5.77. The Balaban J connectivity index is 1.83. The largest absolute Gasteiger partial charge is 0.404 e. The Hall–Kier alpha value is -3.01. The first-order chi connectivity index (χ1) is 10.7. The second-order valence-corrected chi connectivity index (χ2v) is 5.22. The Labute approximate surface area is 129 Å². The van der Waals surface area contributed by atoms with E-state index in [1.807, 2.05) is 24.3 Å². The maximum Gasteiger partial charge on any atom is 0.0476 e. The molecular weight excluding hydrogens is 272 g/mol. The van der Waals surface area contributed by atoms with Gasteiger partial charge < -0.3 is 21.4 Å². The molecule has 0 radical (unpaired) electrons. The van der Waals surface area contributed by atoms with E-state index in [2.05, 4.69) is 41.5 Å². The molecule has 4 heteroatoms. The van der Waals surface area contributed by atoms with E-state index in [9.17, 15) is 0 Å². The number of anilines is 2. The summed E-state index contributed by atoms with van der Waals surface area (Å²) in [5.74, 6) is 0. The molecule has 0 atom stereocenters. The van der Waals surface area contributed by atoms with E-state index in [4.69, 9.17) is 11.1 Å². The van der Waals surface area contributed by atoms with E-state index in [0.717, 1.165) is 28.1 Å². The third-order valence-corrected chi connectivity index (χ3v) is 3.60. The molecular formula is C18H18N4. The summed E-state index contributed by atoms with van der Waals surface area (Å²) in [7, 11) is 0. The van der Waals surface area contributed by atoms with Crippen molar-refractivity contribution >= 4 is 34.1 Å². The third kappa shape index (κ3) is 2.72. The van der Waals surface area contributed by atoms with E-state index in [1.54, 1.807) is 0 Å². The van der Waals surface area contributed by atoms with E-state index in [0.29, 0.717) is 5.57 Å². The Kier molecular flexibility index (Phi) is 3.66. The standard InChI is InChI=1S/C18H18N4/c1-12-8-14-4-7-17(9-18(14)21-12)22-16-5-2-13(3-6-16)15(10-19)11-20/h2-11,19,21-22H,20H2,1H3/b15-11+,19-10?. The molecule has 0 bridgehead atoms. The molecule has 1 aromatic heterocycles. The molecule has 4 nitrogen and oxygen atoms in total. The van der Waals surface area contributed by atoms with E-state index in [1.165, 1.54) is 17.8 Å². The second-order valence-electron chi connectivity index (χ2n) is 5.22. The van der Waals surface area contributed by atoms with Gasteiger partial charge in [-0.1, -0.05) is 18.2 Å². The molecule has 0 spiro atoms. The lowest BCUT2D eigenvalue weighted by Gasteiger charge is -2.08. The van der Waals surface area contributed by atoms with Gasteiger partial charge in [0.15, 0.2) is 0 Å². The van der Waals surface area contributed by atoms with Crippen LogP contribution in [0.5, 0.6) is 0 Å². The number of aromatic amines is 1. The van der Waals surface area contributed by atoms with Gasteiger partial charge in [0.2, 0.25) is 0 Å². The van der Waals surface area contributed by atoms with Gasteiger partial charge in [0.05, 0.1) is 0 Å². The number of allylic oxidation sites excluding steroid dienone is 1. The fraction of sp³-hybridized carbons (Fsp3) is 0.0556. The number of rotatable bonds is 4. The first-order valence-corrected chi connectivity index (χ1v) is 7.09. The van der Waals surface area contributed by atoms with Crippen molar-refractivity contribution in [1.29, 1.82) is 5.41 Å². The van der Waals surface area contributed by atoms with Gasteiger partial charge in [0, 0.05) is 40.6 Å². The van der Waals surface area contributed by atoms with Crippen molar-refractivity contribution in [2.45, 2.75) is 6.92 Å². The van der Waals surface area contributed by atoms with Crippen molar-refractivity contribution in [3.63, 3.8) is 0 Å². The molecule has 0 unspecified atom stereocenters. The summed E-state index contributed by atoms with van der Waals surface area (Å²) >= 11 is 0. The summed E-state index contributed by atoms with van der Waals surface area (Å²) in [6.07, 6.45) is 2.70. The monoisotopic (exact) mass is 290 g/mol. The topological polar surface area (TPSA) is 77.7 Å². The van der Waals surface area contributed by atoms with E-state index in [-0.39, 0.29) is 0 Å². The van der Waals surface area contributed by atoms with Gasteiger partial charge in [-0.3, -0.25) is 0 Å². The Morgan fingerprint density at radius 1 is 1.09 bits per heavy atom. The molecule has 2 aromatic carbocycles. The number of aryl methyl sites for hydroxylation is 1. The van der Waals surface area contributed by atoms with Gasteiger partial charge in [-0.05, 0) is 48.2 Å². The molecule has 0 saturated carbocycles. The van der Waals surface area contributed by atoms with Crippen LogP contribution >= 0.6 is 0 Å². The minimum Gasteiger partial charge on any atom is -0.404 e. The molecule has 0 amide bonds. The zero-order valence-electron chi connectivity index (χ0n) is 12.4. The smallest absolute Gasteiger partial charge is 0.0476 e. The molecule has 0 saturated heterocycles. The van der Waals surface area contributed by atoms with Crippen LogP contribution < -0.4 is 11.1 Å². The molecule has 5 N–H and O–H groups in total. The van der Waals surface area contributed by atoms with Crippen LogP contribution in [-0.4, -0.2) is 11.2 Å². The Morgan fingerprint density at radius 2 is 1.82 bits per heavy atom. The number of nitrogens with two attached hydrogens (primary N) is 1. The summed E-state index contributed by atoms with van der Waals surface area (Å²) < 4.78 is 0. The summed E-state index contributed by atoms with van der Waals surface area (Å²) in [6.45, 7) is 2.05. The van der Waals surface area contributed by atoms with Crippen molar-refractivity contribution in [1.82, 2.24) is 4.98 Å². The van der Waals surface area contributed by atoms with Crippen LogP contribution in [-0.2, 0) is 0 Å². The summed E-state index contributed by atoms with van der Waals surface area (Å²) in [6, 6.07) is 16.2. The average Bonchev–Trinajstić information content (AvgIpc) is 2.89. The number of hydrogen-bond acceptors (Lipinski definition) is 3. The molecule has 3 rings (SSSR count). The minimum absolute atomic E-state index is 0.704. The lowest BCUT2D eigenvalue weighted by Crippen LogP contribution is -1.93. The lowest BCUT2D eigenvalue weighted by molar-refractivity contribution is 1.30. The zero-order chi connectivity index (χ0) is 15.5. The van der Waals surface area contributed by atoms with E-state index >= 15 is 0 Å². The number of aromatic nitrogens is 1. The van der Waals surface area contributed by atoms with Crippen LogP contribution in [0.4, 0.5) is 11.4 Å². The Morgan fingerprint density at radius 3 is 2.50 bits per heavy atom. The van der Waals surface area contributed by atoms with Crippen molar-refractivity contribution in [2.75, 3.05) is 5.32 Å². The van der Waals surface area contributed by atoms with Crippen LogP contribution in [0.3, 0.4) is 0 Å². The van der Waals surface area contributed by atoms with Crippen LogP contribution in [0.1, 0.15) is 11.3 Å². The fourth-order valence-electron chi connectivity index (χ4n) is 2.49. The number of benzene rings is 2. The summed E-state index contributed by atoms with van der Waals surface area (Å²) in [5, 5.41) is 11.9. The molecule has 22 heavy (non-hydrogen) atoms.